The average molecular weight is 320 g/mol. The van der Waals surface area contributed by atoms with Gasteiger partial charge in [-0.3, -0.25) is 24.6 Å². The van der Waals surface area contributed by atoms with Crippen molar-refractivity contribution < 1.29 is 9.72 Å². The minimum Gasteiger partial charge on any atom is -0.336 e. The molecule has 8 heteroatoms. The molecular weight excluding hydrogens is 300 g/mol. The Morgan fingerprint density at radius 1 is 1.22 bits per heavy atom. The molecule has 1 N–H and O–H groups in total. The first-order valence-corrected chi connectivity index (χ1v) is 7.96. The molecule has 23 heavy (non-hydrogen) atoms. The fourth-order valence-electron chi connectivity index (χ4n) is 3.47. The number of hydrogen-bond acceptors (Lipinski definition) is 5. The quantitative estimate of drug-likeness (QED) is 0.661. The van der Waals surface area contributed by atoms with Gasteiger partial charge >= 0.3 is 11.2 Å². The Kier molecular flexibility index (Phi) is 4.42. The third-order valence-electron chi connectivity index (χ3n) is 4.77. The van der Waals surface area contributed by atoms with E-state index in [0.717, 1.165) is 19.2 Å². The van der Waals surface area contributed by atoms with Crippen LogP contribution in [0, 0.1) is 10.1 Å². The number of carbonyl (C=O) groups is 1. The maximum absolute atomic E-state index is 12.5. The maximum atomic E-state index is 12.5. The van der Waals surface area contributed by atoms with Gasteiger partial charge in [-0.1, -0.05) is 12.8 Å². The van der Waals surface area contributed by atoms with Crippen LogP contribution in [-0.2, 0) is 0 Å². The number of rotatable bonds is 3. The SMILES string of the molecule is O=C(c1c[nH]c(=O)c([N+](=O)[O-])c1)N1CCN(C2CCCC2)CC1. The van der Waals surface area contributed by atoms with Gasteiger partial charge in [-0.25, -0.2) is 0 Å². The summed E-state index contributed by atoms with van der Waals surface area (Å²) < 4.78 is 0. The molecule has 8 nitrogen and oxygen atoms in total. The lowest BCUT2D eigenvalue weighted by atomic mass is 10.1. The number of carbonyl (C=O) groups excluding carboxylic acids is 1. The first-order chi connectivity index (χ1) is 11.1. The minimum atomic E-state index is -0.794. The molecule has 2 fully saturated rings. The molecule has 1 saturated heterocycles. The normalized spacial score (nSPS) is 19.9. The van der Waals surface area contributed by atoms with Gasteiger partial charge in [0, 0.05) is 44.5 Å². The van der Waals surface area contributed by atoms with Gasteiger partial charge in [0.25, 0.3) is 5.91 Å². The summed E-state index contributed by atoms with van der Waals surface area (Å²) in [7, 11) is 0. The van der Waals surface area contributed by atoms with Crippen molar-refractivity contribution in [2.75, 3.05) is 26.2 Å². The summed E-state index contributed by atoms with van der Waals surface area (Å²) in [5, 5.41) is 10.8. The zero-order valence-corrected chi connectivity index (χ0v) is 12.9. The van der Waals surface area contributed by atoms with Crippen molar-refractivity contribution in [2.45, 2.75) is 31.7 Å². The molecule has 0 bridgehead atoms. The molecule has 2 aliphatic rings. The first-order valence-electron chi connectivity index (χ1n) is 7.96. The van der Waals surface area contributed by atoms with E-state index in [2.05, 4.69) is 9.88 Å². The van der Waals surface area contributed by atoms with E-state index in [-0.39, 0.29) is 11.5 Å². The smallest absolute Gasteiger partial charge is 0.334 e. The number of hydrogen-bond donors (Lipinski definition) is 1. The molecule has 0 unspecified atom stereocenters. The molecule has 0 spiro atoms. The van der Waals surface area contributed by atoms with Crippen molar-refractivity contribution in [3.63, 3.8) is 0 Å². The lowest BCUT2D eigenvalue weighted by molar-refractivity contribution is -0.386. The van der Waals surface area contributed by atoms with Gasteiger partial charge in [0.05, 0.1) is 10.5 Å². The van der Waals surface area contributed by atoms with Crippen LogP contribution in [-0.4, -0.2) is 57.8 Å². The van der Waals surface area contributed by atoms with Crippen LogP contribution < -0.4 is 5.56 Å². The fraction of sp³-hybridized carbons (Fsp3) is 0.600. The number of nitrogens with zero attached hydrogens (tertiary/aromatic N) is 3. The number of amides is 1. The van der Waals surface area contributed by atoms with E-state index < -0.39 is 16.2 Å². The average Bonchev–Trinajstić information content (AvgIpc) is 3.09. The summed E-state index contributed by atoms with van der Waals surface area (Å²) in [5.74, 6) is -0.268. The van der Waals surface area contributed by atoms with Gasteiger partial charge < -0.3 is 9.88 Å². The predicted molar refractivity (Wildman–Crippen MR) is 83.4 cm³/mol. The summed E-state index contributed by atoms with van der Waals surface area (Å²) in [6.45, 7) is 2.90. The molecule has 1 aromatic heterocycles. The number of nitro groups is 1. The second kappa shape index (κ2) is 6.49. The number of aromatic amines is 1. The van der Waals surface area contributed by atoms with Crippen LogP contribution in [0.15, 0.2) is 17.1 Å². The molecule has 0 aromatic carbocycles. The van der Waals surface area contributed by atoms with Gasteiger partial charge in [-0.15, -0.1) is 0 Å². The topological polar surface area (TPSA) is 99.5 Å². The fourth-order valence-corrected chi connectivity index (χ4v) is 3.47. The number of H-pyrrole nitrogens is 1. The van der Waals surface area contributed by atoms with Crippen molar-refractivity contribution in [2.24, 2.45) is 0 Å². The zero-order chi connectivity index (χ0) is 16.4. The highest BCUT2D eigenvalue weighted by Crippen LogP contribution is 2.24. The summed E-state index contributed by atoms with van der Waals surface area (Å²) in [5.41, 5.74) is -1.23. The monoisotopic (exact) mass is 320 g/mol. The Labute approximate surface area is 133 Å². The highest BCUT2D eigenvalue weighted by Gasteiger charge is 2.29. The summed E-state index contributed by atoms with van der Waals surface area (Å²) in [6.07, 6.45) is 6.29. The van der Waals surface area contributed by atoms with Gasteiger partial charge in [0.2, 0.25) is 0 Å². The highest BCUT2D eigenvalue weighted by atomic mass is 16.6. The molecular formula is C15H20N4O4. The van der Waals surface area contributed by atoms with E-state index >= 15 is 0 Å². The Bertz CT molecular complexity index is 658. The minimum absolute atomic E-state index is 0.158. The number of pyridine rings is 1. The Morgan fingerprint density at radius 3 is 2.48 bits per heavy atom. The lowest BCUT2D eigenvalue weighted by Gasteiger charge is -2.38. The lowest BCUT2D eigenvalue weighted by Crippen LogP contribution is -2.51. The van der Waals surface area contributed by atoms with Crippen LogP contribution in [0.5, 0.6) is 0 Å². The van der Waals surface area contributed by atoms with Crippen molar-refractivity contribution in [1.82, 2.24) is 14.8 Å². The Morgan fingerprint density at radius 2 is 1.87 bits per heavy atom. The molecule has 3 rings (SSSR count). The maximum Gasteiger partial charge on any atom is 0.334 e. The molecule has 1 aromatic rings. The van der Waals surface area contributed by atoms with Crippen molar-refractivity contribution >= 4 is 11.6 Å². The van der Waals surface area contributed by atoms with Gasteiger partial charge in [0.15, 0.2) is 0 Å². The van der Waals surface area contributed by atoms with Gasteiger partial charge in [0.1, 0.15) is 0 Å². The molecule has 1 aliphatic heterocycles. The van der Waals surface area contributed by atoms with E-state index in [1.807, 2.05) is 0 Å². The van der Waals surface area contributed by atoms with E-state index in [4.69, 9.17) is 0 Å². The molecule has 124 valence electrons. The van der Waals surface area contributed by atoms with Crippen LogP contribution >= 0.6 is 0 Å². The van der Waals surface area contributed by atoms with Crippen molar-refractivity contribution in [3.05, 3.63) is 38.3 Å². The summed E-state index contributed by atoms with van der Waals surface area (Å²) >= 11 is 0. The summed E-state index contributed by atoms with van der Waals surface area (Å²) in [4.78, 5) is 40.3. The highest BCUT2D eigenvalue weighted by molar-refractivity contribution is 5.94. The first kappa shape index (κ1) is 15.7. The van der Waals surface area contributed by atoms with Crippen LogP contribution in [0.25, 0.3) is 0 Å². The number of nitrogens with one attached hydrogen (secondary N) is 1. The van der Waals surface area contributed by atoms with E-state index in [0.29, 0.717) is 19.1 Å². The van der Waals surface area contributed by atoms with Gasteiger partial charge in [-0.2, -0.15) is 0 Å². The van der Waals surface area contributed by atoms with Crippen molar-refractivity contribution in [3.8, 4) is 0 Å². The molecule has 0 atom stereocenters. The molecule has 1 aliphatic carbocycles. The third-order valence-corrected chi connectivity index (χ3v) is 4.77. The van der Waals surface area contributed by atoms with Crippen molar-refractivity contribution in [1.29, 1.82) is 0 Å². The van der Waals surface area contributed by atoms with Crippen LogP contribution in [0.2, 0.25) is 0 Å². The number of piperazine rings is 1. The van der Waals surface area contributed by atoms with Gasteiger partial charge in [-0.05, 0) is 12.8 Å². The van der Waals surface area contributed by atoms with E-state index in [9.17, 15) is 19.7 Å². The largest absolute Gasteiger partial charge is 0.336 e. The predicted octanol–water partition coefficient (Wildman–Crippen LogP) is 0.983. The van der Waals surface area contributed by atoms with E-state index in [1.165, 1.54) is 31.9 Å². The Balaban J connectivity index is 1.66. The second-order valence-electron chi connectivity index (χ2n) is 6.13. The molecule has 0 radical (unpaired) electrons. The second-order valence-corrected chi connectivity index (χ2v) is 6.13. The van der Waals surface area contributed by atoms with Crippen LogP contribution in [0.3, 0.4) is 0 Å². The molecule has 1 amide bonds. The standard InChI is InChI=1S/C15H20N4O4/c20-14-13(19(22)23)9-11(10-16-14)15(21)18-7-5-17(6-8-18)12-3-1-2-4-12/h9-10,12H,1-8H2,(H,16,20). The third kappa shape index (κ3) is 3.26. The summed E-state index contributed by atoms with van der Waals surface area (Å²) in [6, 6.07) is 1.70. The molecule has 2 heterocycles. The number of aromatic nitrogens is 1. The van der Waals surface area contributed by atoms with Crippen LogP contribution in [0.1, 0.15) is 36.0 Å². The molecule has 1 saturated carbocycles. The van der Waals surface area contributed by atoms with E-state index in [1.54, 1.807) is 4.90 Å². The van der Waals surface area contributed by atoms with Crippen LogP contribution in [0.4, 0.5) is 5.69 Å². The zero-order valence-electron chi connectivity index (χ0n) is 12.9. The Hall–Kier alpha value is -2.22.